The first-order chi connectivity index (χ1) is 15.1. The fourth-order valence-electron chi connectivity index (χ4n) is 4.66. The van der Waals surface area contributed by atoms with Crippen molar-refractivity contribution in [2.45, 2.75) is 44.8 Å². The lowest BCUT2D eigenvalue weighted by Gasteiger charge is -2.29. The summed E-state index contributed by atoms with van der Waals surface area (Å²) in [5.74, 6) is 0.430. The normalized spacial score (nSPS) is 15.5. The maximum absolute atomic E-state index is 13.5. The summed E-state index contributed by atoms with van der Waals surface area (Å²) in [5.41, 5.74) is 1.96. The van der Waals surface area contributed by atoms with Gasteiger partial charge in [-0.15, -0.1) is 0 Å². The monoisotopic (exact) mass is 420 g/mol. The molecule has 0 saturated heterocycles. The van der Waals surface area contributed by atoms with E-state index in [-0.39, 0.29) is 30.9 Å². The van der Waals surface area contributed by atoms with E-state index in [1.807, 2.05) is 41.3 Å². The highest BCUT2D eigenvalue weighted by Gasteiger charge is 2.28. The van der Waals surface area contributed by atoms with Crippen molar-refractivity contribution >= 4 is 22.8 Å². The topological polar surface area (TPSA) is 81.0 Å². The summed E-state index contributed by atoms with van der Waals surface area (Å²) in [7, 11) is 0. The Balaban J connectivity index is 1.43. The van der Waals surface area contributed by atoms with Gasteiger partial charge in [0.05, 0.1) is 5.56 Å². The van der Waals surface area contributed by atoms with Crippen LogP contribution in [0.4, 0.5) is 0 Å². The molecular formula is C24H24N2O5. The number of carboxylic acid groups (broad SMARTS) is 1. The molecule has 31 heavy (non-hydrogen) atoms. The number of hydrogen-bond donors (Lipinski definition) is 1. The average molecular weight is 420 g/mol. The third-order valence-corrected chi connectivity index (χ3v) is 6.20. The van der Waals surface area contributed by atoms with Crippen LogP contribution in [0.5, 0.6) is 11.5 Å². The molecule has 1 N–H and O–H groups in total. The molecule has 7 heteroatoms. The molecule has 5 rings (SSSR count). The number of aromatic carboxylic acids is 1. The molecule has 0 atom stereocenters. The van der Waals surface area contributed by atoms with Gasteiger partial charge in [0.25, 0.3) is 0 Å². The van der Waals surface area contributed by atoms with E-state index in [9.17, 15) is 14.7 Å². The quantitative estimate of drug-likeness (QED) is 0.651. The second-order valence-corrected chi connectivity index (χ2v) is 8.14. The van der Waals surface area contributed by atoms with Gasteiger partial charge in [0, 0.05) is 29.7 Å². The summed E-state index contributed by atoms with van der Waals surface area (Å²) >= 11 is 0. The van der Waals surface area contributed by atoms with Gasteiger partial charge >= 0.3 is 5.97 Å². The van der Waals surface area contributed by atoms with Gasteiger partial charge in [0.2, 0.25) is 12.7 Å². The van der Waals surface area contributed by atoms with E-state index in [1.54, 1.807) is 16.8 Å². The van der Waals surface area contributed by atoms with Crippen LogP contribution in [-0.2, 0) is 17.9 Å². The summed E-state index contributed by atoms with van der Waals surface area (Å²) in [6, 6.07) is 13.3. The second-order valence-electron chi connectivity index (χ2n) is 8.14. The highest BCUT2D eigenvalue weighted by atomic mass is 16.7. The molecular weight excluding hydrogens is 396 g/mol. The number of hydrogen-bond acceptors (Lipinski definition) is 4. The van der Waals surface area contributed by atoms with Crippen LogP contribution in [0.2, 0.25) is 0 Å². The first-order valence-corrected chi connectivity index (χ1v) is 10.6. The number of aromatic nitrogens is 1. The molecule has 0 radical (unpaired) electrons. The van der Waals surface area contributed by atoms with Crippen LogP contribution in [-0.4, -0.2) is 39.3 Å². The van der Waals surface area contributed by atoms with Crippen molar-refractivity contribution in [2.75, 3.05) is 6.79 Å². The molecule has 1 saturated carbocycles. The van der Waals surface area contributed by atoms with Gasteiger partial charge in [-0.25, -0.2) is 4.79 Å². The minimum atomic E-state index is -0.990. The Morgan fingerprint density at radius 2 is 1.84 bits per heavy atom. The molecule has 2 aliphatic rings. The van der Waals surface area contributed by atoms with Gasteiger partial charge in [0.1, 0.15) is 6.54 Å². The van der Waals surface area contributed by atoms with Crippen molar-refractivity contribution in [1.29, 1.82) is 0 Å². The smallest absolute Gasteiger partial charge is 0.337 e. The zero-order valence-electron chi connectivity index (χ0n) is 17.1. The van der Waals surface area contributed by atoms with Crippen LogP contribution in [0.3, 0.4) is 0 Å². The molecule has 2 heterocycles. The standard InChI is InChI=1S/C24H24N2O5/c27-23(14-25-13-19(24(28)29)18-7-3-4-8-20(18)25)26(17-5-1-2-6-17)12-16-9-10-21-22(11-16)31-15-30-21/h3-4,7-11,13,17H,1-2,5-6,12,14-15H2,(H,28,29). The van der Waals surface area contributed by atoms with Crippen molar-refractivity contribution in [2.24, 2.45) is 0 Å². The first kappa shape index (κ1) is 19.5. The Kier molecular flexibility index (Phi) is 5.02. The SMILES string of the molecule is O=C(O)c1cn(CC(=O)N(Cc2ccc3c(c2)OCO3)C2CCCC2)c2ccccc12. The number of carboxylic acids is 1. The van der Waals surface area contributed by atoms with E-state index < -0.39 is 5.97 Å². The maximum Gasteiger partial charge on any atom is 0.337 e. The number of nitrogens with zero attached hydrogens (tertiary/aromatic N) is 2. The van der Waals surface area contributed by atoms with Crippen LogP contribution in [0, 0.1) is 0 Å². The number of fused-ring (bicyclic) bond motifs is 2. The summed E-state index contributed by atoms with van der Waals surface area (Å²) < 4.78 is 12.6. The predicted octanol–water partition coefficient (Wildman–Crippen LogP) is 4.04. The average Bonchev–Trinajstić information content (AvgIpc) is 3.52. The fourth-order valence-corrected chi connectivity index (χ4v) is 4.66. The number of amides is 1. The Morgan fingerprint density at radius 1 is 1.06 bits per heavy atom. The predicted molar refractivity (Wildman–Crippen MR) is 114 cm³/mol. The maximum atomic E-state index is 13.5. The van der Waals surface area contributed by atoms with E-state index in [0.29, 0.717) is 17.7 Å². The highest BCUT2D eigenvalue weighted by molar-refractivity contribution is 6.03. The van der Waals surface area contributed by atoms with Crippen LogP contribution < -0.4 is 9.47 Å². The molecule has 1 aromatic heterocycles. The number of benzene rings is 2. The van der Waals surface area contributed by atoms with Gasteiger partial charge < -0.3 is 24.0 Å². The molecule has 0 bridgehead atoms. The zero-order valence-corrected chi connectivity index (χ0v) is 17.1. The molecule has 0 unspecified atom stereocenters. The molecule has 0 spiro atoms. The van der Waals surface area contributed by atoms with Crippen LogP contribution in [0.15, 0.2) is 48.7 Å². The lowest BCUT2D eigenvalue weighted by molar-refractivity contribution is -0.134. The molecule has 1 amide bonds. The van der Waals surface area contributed by atoms with Crippen molar-refractivity contribution in [3.63, 3.8) is 0 Å². The van der Waals surface area contributed by atoms with Crippen molar-refractivity contribution in [3.8, 4) is 11.5 Å². The molecule has 3 aromatic rings. The third-order valence-electron chi connectivity index (χ3n) is 6.20. The molecule has 1 fully saturated rings. The summed E-state index contributed by atoms with van der Waals surface area (Å²) in [6.45, 7) is 0.816. The minimum Gasteiger partial charge on any atom is -0.478 e. The van der Waals surface area contributed by atoms with Crippen molar-refractivity contribution in [3.05, 3.63) is 59.8 Å². The number of carbonyl (C=O) groups is 2. The van der Waals surface area contributed by atoms with Crippen molar-refractivity contribution in [1.82, 2.24) is 9.47 Å². The summed E-state index contributed by atoms with van der Waals surface area (Å²) in [6.07, 6.45) is 5.78. The van der Waals surface area contributed by atoms with Crippen LogP contribution in [0.1, 0.15) is 41.6 Å². The third kappa shape index (κ3) is 3.71. The fraction of sp³-hybridized carbons (Fsp3) is 0.333. The lowest BCUT2D eigenvalue weighted by Crippen LogP contribution is -2.40. The van der Waals surface area contributed by atoms with Gasteiger partial charge in [0.15, 0.2) is 11.5 Å². The zero-order chi connectivity index (χ0) is 21.4. The molecule has 160 valence electrons. The van der Waals surface area contributed by atoms with Gasteiger partial charge in [-0.1, -0.05) is 37.1 Å². The van der Waals surface area contributed by atoms with E-state index in [1.165, 1.54) is 0 Å². The number of para-hydroxylation sites is 1. The highest BCUT2D eigenvalue weighted by Crippen LogP contribution is 2.34. The summed E-state index contributed by atoms with van der Waals surface area (Å²) in [5, 5.41) is 10.2. The number of carbonyl (C=O) groups excluding carboxylic acids is 1. The second kappa shape index (κ2) is 7.98. The largest absolute Gasteiger partial charge is 0.478 e. The molecule has 2 aromatic carbocycles. The molecule has 1 aliphatic heterocycles. The van der Waals surface area contributed by atoms with Gasteiger partial charge in [-0.05, 0) is 36.6 Å². The van der Waals surface area contributed by atoms with E-state index in [2.05, 4.69) is 0 Å². The van der Waals surface area contributed by atoms with Crippen LogP contribution >= 0.6 is 0 Å². The Bertz CT molecular complexity index is 1150. The number of rotatable bonds is 6. The Morgan fingerprint density at radius 3 is 2.65 bits per heavy atom. The lowest BCUT2D eigenvalue weighted by atomic mass is 10.1. The molecule has 7 nitrogen and oxygen atoms in total. The Labute approximate surface area is 179 Å². The van der Waals surface area contributed by atoms with Crippen molar-refractivity contribution < 1.29 is 24.2 Å². The van der Waals surface area contributed by atoms with Gasteiger partial charge in [-0.3, -0.25) is 4.79 Å². The first-order valence-electron chi connectivity index (χ1n) is 10.6. The van der Waals surface area contributed by atoms with E-state index >= 15 is 0 Å². The van der Waals surface area contributed by atoms with Gasteiger partial charge in [-0.2, -0.15) is 0 Å². The van der Waals surface area contributed by atoms with E-state index in [0.717, 1.165) is 42.5 Å². The number of ether oxygens (including phenoxy) is 2. The summed E-state index contributed by atoms with van der Waals surface area (Å²) in [4.78, 5) is 27.1. The van der Waals surface area contributed by atoms with E-state index in [4.69, 9.17) is 9.47 Å². The Hall–Kier alpha value is -3.48. The van der Waals surface area contributed by atoms with Crippen LogP contribution in [0.25, 0.3) is 10.9 Å². The molecule has 1 aliphatic carbocycles. The minimum absolute atomic E-state index is 0.0118.